The first kappa shape index (κ1) is 11.0. The van der Waals surface area contributed by atoms with Crippen LogP contribution in [0, 0.1) is 6.92 Å². The molecular formula is C11H14N6O. The van der Waals surface area contributed by atoms with E-state index in [1.165, 1.54) is 0 Å². The molecule has 2 aromatic rings. The van der Waals surface area contributed by atoms with Gasteiger partial charge in [0.05, 0.1) is 23.8 Å². The third-order valence-corrected chi connectivity index (χ3v) is 3.00. The summed E-state index contributed by atoms with van der Waals surface area (Å²) in [6.45, 7) is 2.52. The average molecular weight is 246 g/mol. The minimum atomic E-state index is -0.266. The second-order valence-corrected chi connectivity index (χ2v) is 4.39. The van der Waals surface area contributed by atoms with E-state index >= 15 is 0 Å². The van der Waals surface area contributed by atoms with Gasteiger partial charge in [0.1, 0.15) is 0 Å². The largest absolute Gasteiger partial charge is 0.347 e. The summed E-state index contributed by atoms with van der Waals surface area (Å²) in [6.07, 6.45) is 2.25. The van der Waals surface area contributed by atoms with Crippen LogP contribution in [0.1, 0.15) is 17.1 Å². The SMILES string of the molecule is Cc1cc(NC(=O)C2Cc3nc[nH]c3CN2)n[nH]1. The predicted octanol–water partition coefficient (Wildman–Crippen LogP) is 0.0942. The Labute approximate surface area is 103 Å². The van der Waals surface area contributed by atoms with Gasteiger partial charge in [-0.05, 0) is 6.92 Å². The maximum atomic E-state index is 12.0. The zero-order valence-corrected chi connectivity index (χ0v) is 9.95. The summed E-state index contributed by atoms with van der Waals surface area (Å²) in [6, 6.07) is 1.53. The molecule has 3 heterocycles. The molecule has 0 radical (unpaired) electrons. The van der Waals surface area contributed by atoms with Crippen LogP contribution >= 0.6 is 0 Å². The first-order valence-electron chi connectivity index (χ1n) is 5.80. The fourth-order valence-corrected chi connectivity index (χ4v) is 2.05. The van der Waals surface area contributed by atoms with Gasteiger partial charge < -0.3 is 10.3 Å². The van der Waals surface area contributed by atoms with E-state index in [9.17, 15) is 4.79 Å². The molecular weight excluding hydrogens is 232 g/mol. The Hall–Kier alpha value is -2.15. The minimum absolute atomic E-state index is 0.0878. The third kappa shape index (κ3) is 2.00. The zero-order chi connectivity index (χ0) is 12.5. The highest BCUT2D eigenvalue weighted by molar-refractivity contribution is 5.94. The smallest absolute Gasteiger partial charge is 0.243 e. The highest BCUT2D eigenvalue weighted by Gasteiger charge is 2.26. The van der Waals surface area contributed by atoms with Gasteiger partial charge in [-0.2, -0.15) is 5.10 Å². The number of carbonyl (C=O) groups is 1. The van der Waals surface area contributed by atoms with Crippen molar-refractivity contribution in [3.8, 4) is 0 Å². The Bertz CT molecular complexity index is 572. The number of aryl methyl sites for hydroxylation is 1. The van der Waals surface area contributed by atoms with Crippen molar-refractivity contribution in [3.63, 3.8) is 0 Å². The Morgan fingerprint density at radius 3 is 3.22 bits per heavy atom. The lowest BCUT2D eigenvalue weighted by Gasteiger charge is -2.21. The standard InChI is InChI=1S/C11H14N6O/c1-6-2-10(17-16-6)15-11(18)8-3-7-9(4-12-8)14-5-13-7/h2,5,8,12H,3-4H2,1H3,(H,13,14)(H2,15,16,17,18). The van der Waals surface area contributed by atoms with Crippen molar-refractivity contribution in [2.24, 2.45) is 0 Å². The van der Waals surface area contributed by atoms with Crippen molar-refractivity contribution in [2.75, 3.05) is 5.32 Å². The molecule has 7 heteroatoms. The number of nitrogens with one attached hydrogen (secondary N) is 4. The highest BCUT2D eigenvalue weighted by Crippen LogP contribution is 2.13. The van der Waals surface area contributed by atoms with E-state index in [2.05, 4.69) is 30.8 Å². The summed E-state index contributed by atoms with van der Waals surface area (Å²) in [5, 5.41) is 12.7. The fourth-order valence-electron chi connectivity index (χ4n) is 2.05. The number of nitrogens with zero attached hydrogens (tertiary/aromatic N) is 2. The van der Waals surface area contributed by atoms with Crippen LogP contribution in [0.15, 0.2) is 12.4 Å². The molecule has 1 aliphatic rings. The molecule has 0 aromatic carbocycles. The molecule has 0 saturated heterocycles. The van der Waals surface area contributed by atoms with Crippen LogP contribution in [0.2, 0.25) is 0 Å². The van der Waals surface area contributed by atoms with E-state index in [1.54, 1.807) is 12.4 Å². The molecule has 0 spiro atoms. The van der Waals surface area contributed by atoms with Crippen LogP contribution < -0.4 is 10.6 Å². The van der Waals surface area contributed by atoms with Gasteiger partial charge in [-0.3, -0.25) is 15.2 Å². The normalized spacial score (nSPS) is 18.4. The molecule has 0 saturated carbocycles. The van der Waals surface area contributed by atoms with Gasteiger partial charge in [0.15, 0.2) is 5.82 Å². The highest BCUT2D eigenvalue weighted by atomic mass is 16.2. The molecule has 7 nitrogen and oxygen atoms in total. The van der Waals surface area contributed by atoms with Crippen LogP contribution in [0.4, 0.5) is 5.82 Å². The van der Waals surface area contributed by atoms with Crippen molar-refractivity contribution >= 4 is 11.7 Å². The van der Waals surface area contributed by atoms with Gasteiger partial charge in [0.25, 0.3) is 0 Å². The third-order valence-electron chi connectivity index (χ3n) is 3.00. The Balaban J connectivity index is 1.67. The van der Waals surface area contributed by atoms with E-state index in [1.807, 2.05) is 6.92 Å². The number of hydrogen-bond acceptors (Lipinski definition) is 4. The fraction of sp³-hybridized carbons (Fsp3) is 0.364. The lowest BCUT2D eigenvalue weighted by atomic mass is 10.0. The zero-order valence-electron chi connectivity index (χ0n) is 9.95. The Morgan fingerprint density at radius 2 is 2.44 bits per heavy atom. The number of carbonyl (C=O) groups excluding carboxylic acids is 1. The summed E-state index contributed by atoms with van der Waals surface area (Å²) in [5.74, 6) is 0.460. The van der Waals surface area contributed by atoms with E-state index in [0.29, 0.717) is 18.8 Å². The molecule has 4 N–H and O–H groups in total. The quantitative estimate of drug-likeness (QED) is 0.603. The second kappa shape index (κ2) is 4.26. The maximum Gasteiger partial charge on any atom is 0.243 e. The molecule has 1 amide bonds. The van der Waals surface area contributed by atoms with Gasteiger partial charge in [-0.15, -0.1) is 0 Å². The lowest BCUT2D eigenvalue weighted by Crippen LogP contribution is -2.44. The molecule has 1 aliphatic heterocycles. The number of rotatable bonds is 2. The minimum Gasteiger partial charge on any atom is -0.347 e. The van der Waals surface area contributed by atoms with E-state index in [0.717, 1.165) is 17.1 Å². The molecule has 3 rings (SSSR count). The van der Waals surface area contributed by atoms with Crippen molar-refractivity contribution in [1.82, 2.24) is 25.5 Å². The van der Waals surface area contributed by atoms with Crippen molar-refractivity contribution in [3.05, 3.63) is 29.5 Å². The van der Waals surface area contributed by atoms with E-state index in [-0.39, 0.29) is 11.9 Å². The van der Waals surface area contributed by atoms with Crippen LogP contribution in [-0.2, 0) is 17.8 Å². The summed E-state index contributed by atoms with van der Waals surface area (Å²) < 4.78 is 0. The van der Waals surface area contributed by atoms with Crippen molar-refractivity contribution in [2.45, 2.75) is 25.9 Å². The number of anilines is 1. The molecule has 94 valence electrons. The maximum absolute atomic E-state index is 12.0. The molecule has 2 aromatic heterocycles. The lowest BCUT2D eigenvalue weighted by molar-refractivity contribution is -0.118. The molecule has 18 heavy (non-hydrogen) atoms. The molecule has 0 fully saturated rings. The van der Waals surface area contributed by atoms with Gasteiger partial charge >= 0.3 is 0 Å². The van der Waals surface area contributed by atoms with Crippen LogP contribution in [0.5, 0.6) is 0 Å². The average Bonchev–Trinajstić information content (AvgIpc) is 2.96. The van der Waals surface area contributed by atoms with Crippen molar-refractivity contribution in [1.29, 1.82) is 0 Å². The summed E-state index contributed by atoms with van der Waals surface area (Å²) >= 11 is 0. The Kier molecular flexibility index (Phi) is 2.60. The first-order chi connectivity index (χ1) is 8.72. The number of aromatic nitrogens is 4. The molecule has 1 unspecified atom stereocenters. The number of hydrogen-bond donors (Lipinski definition) is 4. The molecule has 1 atom stereocenters. The van der Waals surface area contributed by atoms with Gasteiger partial charge in [-0.25, -0.2) is 4.98 Å². The van der Waals surface area contributed by atoms with E-state index < -0.39 is 0 Å². The van der Waals surface area contributed by atoms with Gasteiger partial charge in [0, 0.05) is 24.7 Å². The van der Waals surface area contributed by atoms with Gasteiger partial charge in [-0.1, -0.05) is 0 Å². The van der Waals surface area contributed by atoms with Gasteiger partial charge in [0.2, 0.25) is 5.91 Å². The molecule has 0 bridgehead atoms. The topological polar surface area (TPSA) is 98.5 Å². The van der Waals surface area contributed by atoms with E-state index in [4.69, 9.17) is 0 Å². The predicted molar refractivity (Wildman–Crippen MR) is 64.9 cm³/mol. The number of H-pyrrole nitrogens is 2. The number of fused-ring (bicyclic) bond motifs is 1. The monoisotopic (exact) mass is 246 g/mol. The first-order valence-corrected chi connectivity index (χ1v) is 5.80. The van der Waals surface area contributed by atoms with Crippen LogP contribution in [-0.4, -0.2) is 32.1 Å². The second-order valence-electron chi connectivity index (χ2n) is 4.39. The summed E-state index contributed by atoms with van der Waals surface area (Å²) in [4.78, 5) is 19.3. The Morgan fingerprint density at radius 1 is 1.56 bits per heavy atom. The summed E-state index contributed by atoms with van der Waals surface area (Å²) in [7, 11) is 0. The van der Waals surface area contributed by atoms with Crippen molar-refractivity contribution < 1.29 is 4.79 Å². The molecule has 0 aliphatic carbocycles. The number of imidazole rings is 1. The summed E-state index contributed by atoms with van der Waals surface area (Å²) in [5.41, 5.74) is 2.92. The number of amides is 1. The number of aromatic amines is 2. The van der Waals surface area contributed by atoms with Crippen LogP contribution in [0.3, 0.4) is 0 Å². The van der Waals surface area contributed by atoms with Crippen LogP contribution in [0.25, 0.3) is 0 Å².